The highest BCUT2D eigenvalue weighted by Crippen LogP contribution is 2.38. The van der Waals surface area contributed by atoms with Gasteiger partial charge in [0, 0.05) is 15.8 Å². The summed E-state index contributed by atoms with van der Waals surface area (Å²) < 4.78 is 1.32. The van der Waals surface area contributed by atoms with Crippen molar-refractivity contribution in [2.24, 2.45) is 0 Å². The van der Waals surface area contributed by atoms with E-state index in [2.05, 4.69) is 34.0 Å². The zero-order valence-electron chi connectivity index (χ0n) is 11.3. The van der Waals surface area contributed by atoms with Gasteiger partial charge >= 0.3 is 5.97 Å². The first-order valence-electron chi connectivity index (χ1n) is 6.93. The molecule has 2 unspecified atom stereocenters. The zero-order valence-corrected chi connectivity index (χ0v) is 15.1. The lowest BCUT2D eigenvalue weighted by atomic mass is 9.93. The molecule has 2 heterocycles. The highest BCUT2D eigenvalue weighted by atomic mass is 127. The molecule has 0 bridgehead atoms. The van der Waals surface area contributed by atoms with Gasteiger partial charge in [0.1, 0.15) is 0 Å². The highest BCUT2D eigenvalue weighted by Gasteiger charge is 2.26. The van der Waals surface area contributed by atoms with E-state index in [9.17, 15) is 9.90 Å². The molecule has 112 valence electrons. The monoisotopic (exact) mass is 433 g/mol. The molecule has 0 fully saturated rings. The normalized spacial score (nSPS) is 19.2. The predicted octanol–water partition coefficient (Wildman–Crippen LogP) is 4.60. The summed E-state index contributed by atoms with van der Waals surface area (Å²) in [4.78, 5) is 13.7. The topological polar surface area (TPSA) is 49.3 Å². The van der Waals surface area contributed by atoms with Gasteiger partial charge in [-0.1, -0.05) is 6.07 Å². The number of hydrogen-bond donors (Lipinski definition) is 2. The molecule has 1 aliphatic carbocycles. The van der Waals surface area contributed by atoms with Crippen LogP contribution in [0.4, 0.5) is 0 Å². The van der Waals surface area contributed by atoms with Crippen LogP contribution >= 0.6 is 45.3 Å². The van der Waals surface area contributed by atoms with E-state index in [-0.39, 0.29) is 18.5 Å². The number of thiophene rings is 2. The summed E-state index contributed by atoms with van der Waals surface area (Å²) in [6.45, 7) is 0. The molecular weight excluding hydrogens is 417 g/mol. The van der Waals surface area contributed by atoms with E-state index in [0.717, 1.165) is 17.7 Å². The Morgan fingerprint density at radius 3 is 3.14 bits per heavy atom. The Morgan fingerprint density at radius 1 is 1.57 bits per heavy atom. The third-order valence-corrected chi connectivity index (χ3v) is 6.71. The van der Waals surface area contributed by atoms with Crippen LogP contribution < -0.4 is 5.32 Å². The minimum Gasteiger partial charge on any atom is -0.481 e. The Morgan fingerprint density at radius 2 is 2.43 bits per heavy atom. The van der Waals surface area contributed by atoms with E-state index >= 15 is 0 Å². The van der Waals surface area contributed by atoms with Crippen molar-refractivity contribution in [3.63, 3.8) is 0 Å². The first-order chi connectivity index (χ1) is 10.1. The second-order valence-electron chi connectivity index (χ2n) is 5.21. The number of rotatable bonds is 5. The van der Waals surface area contributed by atoms with Crippen LogP contribution in [0.1, 0.15) is 46.7 Å². The summed E-state index contributed by atoms with van der Waals surface area (Å²) in [5.41, 5.74) is 1.38. The maximum Gasteiger partial charge on any atom is 0.305 e. The van der Waals surface area contributed by atoms with Crippen LogP contribution in [0.3, 0.4) is 0 Å². The molecule has 0 spiro atoms. The number of aliphatic carboxylic acids is 1. The van der Waals surface area contributed by atoms with Crippen molar-refractivity contribution in [2.45, 2.75) is 37.8 Å². The molecule has 3 rings (SSSR count). The summed E-state index contributed by atoms with van der Waals surface area (Å²) in [5, 5.41) is 14.8. The summed E-state index contributed by atoms with van der Waals surface area (Å²) in [6.07, 6.45) is 3.55. The van der Waals surface area contributed by atoms with Gasteiger partial charge in [-0.25, -0.2) is 0 Å². The molecule has 3 nitrogen and oxygen atoms in total. The van der Waals surface area contributed by atoms with Crippen molar-refractivity contribution in [1.29, 1.82) is 0 Å². The summed E-state index contributed by atoms with van der Waals surface area (Å²) in [5.74, 6) is -0.753. The number of hydrogen-bond acceptors (Lipinski definition) is 4. The molecule has 0 amide bonds. The fourth-order valence-corrected chi connectivity index (χ4v) is 5.75. The van der Waals surface area contributed by atoms with Crippen LogP contribution in [0, 0.1) is 2.88 Å². The third-order valence-electron chi connectivity index (χ3n) is 3.75. The molecule has 0 radical (unpaired) electrons. The van der Waals surface area contributed by atoms with E-state index in [0.29, 0.717) is 0 Å². The number of carboxylic acids is 1. The maximum absolute atomic E-state index is 11.2. The predicted molar refractivity (Wildman–Crippen MR) is 95.2 cm³/mol. The van der Waals surface area contributed by atoms with Crippen LogP contribution in [-0.4, -0.2) is 11.1 Å². The van der Waals surface area contributed by atoms with Crippen molar-refractivity contribution in [3.8, 4) is 0 Å². The van der Waals surface area contributed by atoms with Gasteiger partial charge in [0.15, 0.2) is 0 Å². The first-order valence-corrected chi connectivity index (χ1v) is 9.70. The van der Waals surface area contributed by atoms with E-state index < -0.39 is 5.97 Å². The fraction of sp³-hybridized carbons (Fsp3) is 0.400. The lowest BCUT2D eigenvalue weighted by Gasteiger charge is -2.28. The van der Waals surface area contributed by atoms with Crippen molar-refractivity contribution < 1.29 is 9.90 Å². The van der Waals surface area contributed by atoms with Gasteiger partial charge in [-0.05, 0) is 64.9 Å². The van der Waals surface area contributed by atoms with Crippen LogP contribution in [0.15, 0.2) is 23.6 Å². The Labute approximate surface area is 145 Å². The quantitative estimate of drug-likeness (QED) is 0.678. The highest BCUT2D eigenvalue weighted by molar-refractivity contribution is 14.1. The summed E-state index contributed by atoms with van der Waals surface area (Å²) in [6, 6.07) is 6.43. The standard InChI is InChI=1S/C15H16INO2S2/c16-14-7-9-10(3-1-4-12(9)21-14)17-11(8-15(18)19)13-5-2-6-20-13/h2,5-7,10-11,17H,1,3-4,8H2,(H,18,19). The Kier molecular flexibility index (Phi) is 4.98. The van der Waals surface area contributed by atoms with Crippen LogP contribution in [-0.2, 0) is 11.2 Å². The molecule has 0 saturated carbocycles. The smallest absolute Gasteiger partial charge is 0.305 e. The van der Waals surface area contributed by atoms with E-state index in [4.69, 9.17) is 0 Å². The molecule has 2 N–H and O–H groups in total. The molecule has 6 heteroatoms. The lowest BCUT2D eigenvalue weighted by Crippen LogP contribution is -2.29. The zero-order chi connectivity index (χ0) is 14.8. The number of carbonyl (C=O) groups is 1. The van der Waals surface area contributed by atoms with Crippen molar-refractivity contribution in [2.75, 3.05) is 0 Å². The van der Waals surface area contributed by atoms with Gasteiger partial charge in [0.2, 0.25) is 0 Å². The fourth-order valence-electron chi connectivity index (χ4n) is 2.84. The molecule has 2 aromatic heterocycles. The average Bonchev–Trinajstić information content (AvgIpc) is 3.05. The molecule has 2 aromatic rings. The second-order valence-corrected chi connectivity index (χ2v) is 9.22. The number of carboxylic acid groups (broad SMARTS) is 1. The number of nitrogens with one attached hydrogen (secondary N) is 1. The van der Waals surface area contributed by atoms with E-state index in [1.54, 1.807) is 11.3 Å². The Bertz CT molecular complexity index is 624. The minimum absolute atomic E-state index is 0.101. The van der Waals surface area contributed by atoms with Gasteiger partial charge in [0.05, 0.1) is 15.3 Å². The number of halogens is 1. The molecule has 2 atom stereocenters. The molecular formula is C15H16INO2S2. The first kappa shape index (κ1) is 15.5. The van der Waals surface area contributed by atoms with E-state index in [1.165, 1.54) is 19.7 Å². The minimum atomic E-state index is -0.753. The van der Waals surface area contributed by atoms with Crippen molar-refractivity contribution >= 4 is 51.2 Å². The van der Waals surface area contributed by atoms with E-state index in [1.807, 2.05) is 28.8 Å². The molecule has 0 saturated heterocycles. The molecule has 0 aliphatic heterocycles. The third kappa shape index (κ3) is 3.67. The largest absolute Gasteiger partial charge is 0.481 e. The van der Waals surface area contributed by atoms with Crippen LogP contribution in [0.2, 0.25) is 0 Å². The van der Waals surface area contributed by atoms with Gasteiger partial charge < -0.3 is 10.4 Å². The number of fused-ring (bicyclic) bond motifs is 1. The SMILES string of the molecule is O=C(O)CC(NC1CCCc2sc(I)cc21)c1cccs1. The molecule has 21 heavy (non-hydrogen) atoms. The summed E-state index contributed by atoms with van der Waals surface area (Å²) >= 11 is 5.86. The lowest BCUT2D eigenvalue weighted by molar-refractivity contribution is -0.137. The second kappa shape index (κ2) is 6.76. The van der Waals surface area contributed by atoms with Crippen LogP contribution in [0.5, 0.6) is 0 Å². The maximum atomic E-state index is 11.2. The van der Waals surface area contributed by atoms with Gasteiger partial charge in [-0.3, -0.25) is 4.79 Å². The molecule has 1 aliphatic rings. The number of aryl methyl sites for hydroxylation is 1. The van der Waals surface area contributed by atoms with Crippen molar-refractivity contribution in [3.05, 3.63) is 41.8 Å². The summed E-state index contributed by atoms with van der Waals surface area (Å²) in [7, 11) is 0. The van der Waals surface area contributed by atoms with Gasteiger partial charge in [-0.15, -0.1) is 22.7 Å². The van der Waals surface area contributed by atoms with Crippen molar-refractivity contribution in [1.82, 2.24) is 5.32 Å². The average molecular weight is 433 g/mol. The van der Waals surface area contributed by atoms with Gasteiger partial charge in [0.25, 0.3) is 0 Å². The van der Waals surface area contributed by atoms with Gasteiger partial charge in [-0.2, -0.15) is 0 Å². The molecule has 0 aromatic carbocycles. The Balaban J connectivity index is 1.81. The van der Waals surface area contributed by atoms with Crippen LogP contribution in [0.25, 0.3) is 0 Å². The Hall–Kier alpha value is -0.440.